The number of hydrogen-bond donors (Lipinski definition) is 0. The van der Waals surface area contributed by atoms with Crippen molar-refractivity contribution in [2.24, 2.45) is 5.92 Å². The van der Waals surface area contributed by atoms with Crippen LogP contribution in [0.1, 0.15) is 18.9 Å². The lowest BCUT2D eigenvalue weighted by Gasteiger charge is -2.41. The number of carbonyl (C=O) groups excluding carboxylic acids is 1. The number of hydrazine groups is 1. The molecule has 174 valence electrons. The van der Waals surface area contributed by atoms with Gasteiger partial charge in [-0.05, 0) is 61.9 Å². The Kier molecular flexibility index (Phi) is 7.62. The maximum Gasteiger partial charge on any atom is 0.250 e. The van der Waals surface area contributed by atoms with Crippen molar-refractivity contribution in [3.8, 4) is 5.75 Å². The normalized spacial score (nSPS) is 16.7. The van der Waals surface area contributed by atoms with Crippen LogP contribution in [0.3, 0.4) is 0 Å². The van der Waals surface area contributed by atoms with Gasteiger partial charge in [-0.25, -0.2) is 9.42 Å². The first-order chi connectivity index (χ1) is 16.0. The fourth-order valence-electron chi connectivity index (χ4n) is 3.94. The fourth-order valence-corrected chi connectivity index (χ4v) is 5.04. The zero-order valence-electron chi connectivity index (χ0n) is 19.4. The molecule has 2 aromatic rings. The molecule has 4 rings (SSSR count). The second kappa shape index (κ2) is 10.8. The third kappa shape index (κ3) is 5.92. The highest BCUT2D eigenvalue weighted by atomic mass is 32.2. The van der Waals surface area contributed by atoms with Gasteiger partial charge in [0.25, 0.3) is 5.91 Å². The largest absolute Gasteiger partial charge is 0.497 e. The molecule has 2 aromatic carbocycles. The van der Waals surface area contributed by atoms with Crippen LogP contribution >= 0.6 is 11.9 Å². The number of carbonyl (C=O) groups is 1. The Morgan fingerprint density at radius 3 is 2.61 bits per heavy atom. The molecule has 1 unspecified atom stereocenters. The molecule has 0 saturated carbocycles. The smallest absolute Gasteiger partial charge is 0.250 e. The predicted octanol–water partition coefficient (Wildman–Crippen LogP) is 4.86. The summed E-state index contributed by atoms with van der Waals surface area (Å²) in [4.78, 5) is 15.4. The maximum atomic E-state index is 13.2. The number of ether oxygens (including phenoxy) is 2. The minimum atomic E-state index is 0.0292. The lowest BCUT2D eigenvalue weighted by molar-refractivity contribution is -0.120. The molecule has 7 heteroatoms. The number of anilines is 1. The summed E-state index contributed by atoms with van der Waals surface area (Å²) < 4.78 is 13.4. The zero-order valence-corrected chi connectivity index (χ0v) is 20.3. The van der Waals surface area contributed by atoms with Gasteiger partial charge in [-0.1, -0.05) is 37.3 Å². The van der Waals surface area contributed by atoms with Gasteiger partial charge in [0.1, 0.15) is 12.4 Å². The molecular weight excluding hydrogens is 434 g/mol. The molecule has 0 aromatic heterocycles. The van der Waals surface area contributed by atoms with E-state index in [2.05, 4.69) is 38.1 Å². The summed E-state index contributed by atoms with van der Waals surface area (Å²) in [6, 6.07) is 18.1. The molecule has 2 heterocycles. The van der Waals surface area contributed by atoms with Crippen LogP contribution < -0.4 is 9.75 Å². The van der Waals surface area contributed by atoms with Crippen LogP contribution in [-0.2, 0) is 15.3 Å². The average Bonchev–Trinajstić information content (AvgIpc) is 2.81. The van der Waals surface area contributed by atoms with Crippen LogP contribution in [0.4, 0.5) is 5.69 Å². The van der Waals surface area contributed by atoms with Gasteiger partial charge < -0.3 is 14.4 Å². The van der Waals surface area contributed by atoms with Crippen LogP contribution in [-0.4, -0.2) is 49.1 Å². The van der Waals surface area contributed by atoms with Gasteiger partial charge in [-0.3, -0.25) is 4.79 Å². The lowest BCUT2D eigenvalue weighted by Crippen LogP contribution is -2.46. The maximum absolute atomic E-state index is 13.2. The highest BCUT2D eigenvalue weighted by Crippen LogP contribution is 2.37. The molecule has 0 radical (unpaired) electrons. The molecule has 2 aliphatic rings. The first-order valence-electron chi connectivity index (χ1n) is 11.2. The number of amides is 1. The number of hydrogen-bond acceptors (Lipinski definition) is 6. The van der Waals surface area contributed by atoms with Crippen LogP contribution in [0.5, 0.6) is 5.75 Å². The molecule has 1 atom stereocenters. The summed E-state index contributed by atoms with van der Waals surface area (Å²) in [5.74, 6) is 2.02. The van der Waals surface area contributed by atoms with Crippen LogP contribution in [0.25, 0.3) is 0 Å². The predicted molar refractivity (Wildman–Crippen MR) is 133 cm³/mol. The highest BCUT2D eigenvalue weighted by Gasteiger charge is 2.34. The van der Waals surface area contributed by atoms with Crippen molar-refractivity contribution in [3.05, 3.63) is 83.8 Å². The first-order valence-corrected chi connectivity index (χ1v) is 12.1. The molecule has 1 amide bonds. The van der Waals surface area contributed by atoms with Crippen LogP contribution in [0.15, 0.2) is 78.2 Å². The third-order valence-corrected chi connectivity index (χ3v) is 6.49. The molecule has 0 saturated heterocycles. The summed E-state index contributed by atoms with van der Waals surface area (Å²) >= 11 is 1.60. The van der Waals surface area contributed by atoms with Gasteiger partial charge in [0.2, 0.25) is 0 Å². The van der Waals surface area contributed by atoms with E-state index in [1.807, 2.05) is 53.0 Å². The Balaban J connectivity index is 1.52. The molecule has 0 aliphatic carbocycles. The molecule has 0 fully saturated rings. The molecule has 6 nitrogen and oxygen atoms in total. The Bertz CT molecular complexity index is 1010. The molecule has 33 heavy (non-hydrogen) atoms. The minimum absolute atomic E-state index is 0.0292. The van der Waals surface area contributed by atoms with Crippen molar-refractivity contribution in [2.75, 3.05) is 38.9 Å². The van der Waals surface area contributed by atoms with E-state index in [1.165, 1.54) is 5.56 Å². The van der Waals surface area contributed by atoms with Gasteiger partial charge in [0.05, 0.1) is 30.7 Å². The molecule has 0 bridgehead atoms. The van der Waals surface area contributed by atoms with E-state index in [0.29, 0.717) is 25.6 Å². The fraction of sp³-hybridized carbons (Fsp3) is 0.346. The van der Waals surface area contributed by atoms with E-state index >= 15 is 0 Å². The third-order valence-electron chi connectivity index (χ3n) is 5.42. The summed E-state index contributed by atoms with van der Waals surface area (Å²) in [5.41, 5.74) is 4.05. The average molecular weight is 466 g/mol. The SMILES string of the molecule is CC(COc1ccc(N2C(=O)CC3=C(C=COC3)N2SCc2ccccc2)cc1)CN(C)C. The van der Waals surface area contributed by atoms with E-state index < -0.39 is 0 Å². The standard InChI is InChI=1S/C26H31N3O3S/c1-20(16-27(2)3)17-32-24-11-9-23(10-12-24)28-26(30)15-22-18-31-14-13-25(22)29(28)33-19-21-7-5-4-6-8-21/h4-14,20H,15-19H2,1-3H3. The molecule has 0 N–H and O–H groups in total. The van der Waals surface area contributed by atoms with E-state index in [0.717, 1.165) is 35.0 Å². The minimum Gasteiger partial charge on any atom is -0.497 e. The molecule has 2 aliphatic heterocycles. The van der Waals surface area contributed by atoms with Crippen molar-refractivity contribution in [2.45, 2.75) is 19.1 Å². The first kappa shape index (κ1) is 23.3. The highest BCUT2D eigenvalue weighted by molar-refractivity contribution is 7.96. The van der Waals surface area contributed by atoms with Crippen molar-refractivity contribution < 1.29 is 14.3 Å². The zero-order chi connectivity index (χ0) is 23.2. The Hall–Kier alpha value is -2.90. The van der Waals surface area contributed by atoms with E-state index in [4.69, 9.17) is 9.47 Å². The van der Waals surface area contributed by atoms with E-state index in [1.54, 1.807) is 23.2 Å². The van der Waals surface area contributed by atoms with Crippen LogP contribution in [0, 0.1) is 5.92 Å². The summed E-state index contributed by atoms with van der Waals surface area (Å²) in [6.07, 6.45) is 4.00. The Morgan fingerprint density at radius 2 is 1.88 bits per heavy atom. The molecular formula is C26H31N3O3S. The van der Waals surface area contributed by atoms with Crippen molar-refractivity contribution in [3.63, 3.8) is 0 Å². The second-order valence-corrected chi connectivity index (χ2v) is 9.58. The van der Waals surface area contributed by atoms with E-state index in [-0.39, 0.29) is 5.91 Å². The monoisotopic (exact) mass is 465 g/mol. The van der Waals surface area contributed by atoms with E-state index in [9.17, 15) is 4.79 Å². The van der Waals surface area contributed by atoms with Gasteiger partial charge in [-0.15, -0.1) is 0 Å². The van der Waals surface area contributed by atoms with Crippen LogP contribution in [0.2, 0.25) is 0 Å². The summed E-state index contributed by atoms with van der Waals surface area (Å²) in [7, 11) is 4.13. The second-order valence-electron chi connectivity index (χ2n) is 8.69. The number of allylic oxidation sites excluding steroid dienone is 1. The summed E-state index contributed by atoms with van der Waals surface area (Å²) in [6.45, 7) is 4.25. The van der Waals surface area contributed by atoms with Crippen molar-refractivity contribution >= 4 is 23.5 Å². The van der Waals surface area contributed by atoms with Crippen molar-refractivity contribution in [1.82, 2.24) is 9.31 Å². The van der Waals surface area contributed by atoms with Gasteiger partial charge in [-0.2, -0.15) is 0 Å². The molecule has 0 spiro atoms. The van der Waals surface area contributed by atoms with Gasteiger partial charge in [0, 0.05) is 23.8 Å². The Labute approximate surface area is 200 Å². The topological polar surface area (TPSA) is 45.2 Å². The Morgan fingerprint density at radius 1 is 1.12 bits per heavy atom. The number of rotatable bonds is 9. The van der Waals surface area contributed by atoms with Gasteiger partial charge in [0.15, 0.2) is 0 Å². The quantitative estimate of drug-likeness (QED) is 0.493. The van der Waals surface area contributed by atoms with Gasteiger partial charge >= 0.3 is 0 Å². The summed E-state index contributed by atoms with van der Waals surface area (Å²) in [5, 5.41) is 1.76. The number of benzene rings is 2. The van der Waals surface area contributed by atoms with Crippen molar-refractivity contribution in [1.29, 1.82) is 0 Å². The lowest BCUT2D eigenvalue weighted by atomic mass is 10.1. The number of nitrogens with zero attached hydrogens (tertiary/aromatic N) is 3.